The molecule has 5 fully saturated rings. The molecule has 16 aliphatic rings. The van der Waals surface area contributed by atoms with E-state index in [1.165, 1.54) is 71.3 Å². The lowest BCUT2D eigenvalue weighted by Crippen LogP contribution is -2.21. The lowest BCUT2D eigenvalue weighted by Gasteiger charge is -2.17. The first kappa shape index (κ1) is 75.1. The largest absolute Gasteiger partial charge is 0.466 e. The monoisotopic (exact) mass is 1330 g/mol. The van der Waals surface area contributed by atoms with Gasteiger partial charge in [-0.15, -0.1) is 0 Å². The fraction of sp³-hybridized carbons (Fsp3) is 0.651. The molecule has 10 aliphatic carbocycles. The molecule has 0 N–H and O–H groups in total. The average molecular weight is 1340 g/mol. The number of ether oxygens (including phenoxy) is 7. The van der Waals surface area contributed by atoms with Crippen LogP contribution in [0.3, 0.4) is 0 Å². The molecular weight excluding hydrogens is 1220 g/mol. The summed E-state index contributed by atoms with van der Waals surface area (Å²) < 4.78 is 35.5. The van der Waals surface area contributed by atoms with Gasteiger partial charge in [-0.25, -0.2) is 19.2 Å². The zero-order valence-corrected chi connectivity index (χ0v) is 60.1. The Hall–Kier alpha value is -6.09. The Balaban J connectivity index is 0.000000130. The summed E-state index contributed by atoms with van der Waals surface area (Å²) in [4.78, 5) is 80.6. The molecule has 97 heavy (non-hydrogen) atoms. The van der Waals surface area contributed by atoms with Crippen molar-refractivity contribution < 1.29 is 66.7 Å². The second-order valence-corrected chi connectivity index (χ2v) is 29.3. The van der Waals surface area contributed by atoms with Crippen molar-refractivity contribution in [1.82, 2.24) is 0 Å². The van der Waals surface area contributed by atoms with Crippen LogP contribution in [0.15, 0.2) is 131 Å². The number of ketones is 3. The van der Waals surface area contributed by atoms with E-state index in [0.717, 1.165) is 117 Å². The van der Waals surface area contributed by atoms with E-state index in [9.17, 15) is 33.6 Å². The highest BCUT2D eigenvalue weighted by Crippen LogP contribution is 2.50. The van der Waals surface area contributed by atoms with Crippen LogP contribution in [-0.2, 0) is 66.7 Å². The average Bonchev–Trinajstić information content (AvgIpc) is 1.62. The van der Waals surface area contributed by atoms with Crippen molar-refractivity contribution in [3.63, 3.8) is 0 Å². The van der Waals surface area contributed by atoms with E-state index in [2.05, 4.69) is 94.0 Å². The molecule has 14 heteroatoms. The fourth-order valence-corrected chi connectivity index (χ4v) is 18.0. The van der Waals surface area contributed by atoms with Gasteiger partial charge < -0.3 is 33.2 Å². The highest BCUT2D eigenvalue weighted by atomic mass is 16.6. The lowest BCUT2D eigenvalue weighted by atomic mass is 9.87. The maximum absolute atomic E-state index is 11.8. The van der Waals surface area contributed by atoms with Crippen LogP contribution in [0.1, 0.15) is 191 Å². The number of unbranched alkanes of at least 4 members (excludes halogenated alkanes) is 1. The zero-order chi connectivity index (χ0) is 69.4. The van der Waals surface area contributed by atoms with Crippen LogP contribution in [-0.4, -0.2) is 105 Å². The minimum atomic E-state index is -0.542. The van der Waals surface area contributed by atoms with Crippen LogP contribution in [0.5, 0.6) is 0 Å². The van der Waals surface area contributed by atoms with Gasteiger partial charge in [-0.05, 0) is 194 Å². The molecule has 0 aromatic carbocycles. The summed E-state index contributed by atoms with van der Waals surface area (Å²) in [5, 5.41) is 0. The number of carbonyl (C=O) groups is 7. The Morgan fingerprint density at radius 2 is 0.897 bits per heavy atom. The molecule has 6 aliphatic heterocycles. The lowest BCUT2D eigenvalue weighted by molar-refractivity contribution is -0.140. The molecule has 0 aromatic rings. The number of rotatable bonds is 19. The number of carbonyl (C=O) groups excluding carboxylic acids is 7. The number of allylic oxidation sites excluding steroid dienone is 10. The molecule has 0 spiro atoms. The van der Waals surface area contributed by atoms with Crippen LogP contribution in [0.25, 0.3) is 0 Å². The molecule has 0 aromatic heterocycles. The molecule has 14 nitrogen and oxygen atoms in total. The predicted molar refractivity (Wildman–Crippen MR) is 377 cm³/mol. The molecule has 0 amide bonds. The maximum atomic E-state index is 11.8. The van der Waals surface area contributed by atoms with Crippen molar-refractivity contribution in [2.75, 3.05) is 26.9 Å². The molecule has 21 atom stereocenters. The Morgan fingerprint density at radius 1 is 0.412 bits per heavy atom. The van der Waals surface area contributed by atoms with Crippen molar-refractivity contribution in [3.8, 4) is 0 Å². The Morgan fingerprint density at radius 3 is 1.29 bits per heavy atom. The molecule has 0 saturated heterocycles. The van der Waals surface area contributed by atoms with Crippen LogP contribution in [0.2, 0.25) is 0 Å². The molecule has 5 saturated carbocycles. The highest BCUT2D eigenvalue weighted by Gasteiger charge is 2.46. The first-order valence-corrected chi connectivity index (χ1v) is 37.6. The second kappa shape index (κ2) is 35.8. The smallest absolute Gasteiger partial charge is 0.337 e. The van der Waals surface area contributed by atoms with E-state index < -0.39 is 24.1 Å². The predicted octanol–water partition coefficient (Wildman–Crippen LogP) is 16.1. The van der Waals surface area contributed by atoms with Gasteiger partial charge >= 0.3 is 23.9 Å². The molecule has 16 bridgehead atoms. The maximum Gasteiger partial charge on any atom is 0.337 e. The van der Waals surface area contributed by atoms with Gasteiger partial charge in [-0.2, -0.15) is 0 Å². The van der Waals surface area contributed by atoms with Crippen molar-refractivity contribution in [2.24, 2.45) is 88.8 Å². The third-order valence-electron chi connectivity index (χ3n) is 23.0. The van der Waals surface area contributed by atoms with Gasteiger partial charge in [0.25, 0.3) is 0 Å². The van der Waals surface area contributed by atoms with Crippen LogP contribution in [0, 0.1) is 88.8 Å². The minimum Gasteiger partial charge on any atom is -0.466 e. The summed E-state index contributed by atoms with van der Waals surface area (Å²) in [5.41, 5.74) is 4.52. The molecule has 0 radical (unpaired) electrons. The van der Waals surface area contributed by atoms with Gasteiger partial charge in [0.2, 0.25) is 0 Å². The number of fused-ring (bicyclic) bond motifs is 16. The summed E-state index contributed by atoms with van der Waals surface area (Å²) in [7, 11) is 1.27. The number of hydrogen-bond donors (Lipinski definition) is 0. The topological polar surface area (TPSA) is 184 Å². The van der Waals surface area contributed by atoms with Gasteiger partial charge in [-0.1, -0.05) is 157 Å². The summed E-state index contributed by atoms with van der Waals surface area (Å²) in [6.07, 6.45) is 55.7. The van der Waals surface area contributed by atoms with Gasteiger partial charge in [0.1, 0.15) is 41.8 Å². The SMILES string of the molecule is CCC(=O)C1CC2C=CC1C2.CCC1CC2CC1C=C2C.CCCC(=O)C1CC2C=CC1C2.CCCC1CC2C=CC1C2.CCCCC(=O)C1CC2C=CC1C2.CCOC(=O)C1=C(C(=O)OC)C2C=CC1O2.CCOC(=O)C1=C(C)C2C=CC1O2.CCOC(=O)C1=CC2C=CC1O2. The molecule has 16 rings (SSSR count). The highest BCUT2D eigenvalue weighted by molar-refractivity contribution is 6.04. The van der Waals surface area contributed by atoms with Crippen molar-refractivity contribution in [2.45, 2.75) is 228 Å². The Bertz CT molecular complexity index is 3160. The first-order valence-electron chi connectivity index (χ1n) is 37.6. The quantitative estimate of drug-likeness (QED) is 0.0676. The van der Waals surface area contributed by atoms with E-state index in [4.69, 9.17) is 28.4 Å². The van der Waals surface area contributed by atoms with E-state index in [-0.39, 0.29) is 54.1 Å². The normalized spacial score (nSPS) is 35.1. The van der Waals surface area contributed by atoms with E-state index >= 15 is 0 Å². The van der Waals surface area contributed by atoms with E-state index in [1.54, 1.807) is 38.5 Å². The number of hydrogen-bond acceptors (Lipinski definition) is 14. The van der Waals surface area contributed by atoms with Crippen molar-refractivity contribution >= 4 is 41.2 Å². The third-order valence-corrected chi connectivity index (χ3v) is 23.0. The Kier molecular flexibility index (Phi) is 27.7. The van der Waals surface area contributed by atoms with Gasteiger partial charge in [-0.3, -0.25) is 14.4 Å². The molecule has 530 valence electrons. The second-order valence-electron chi connectivity index (χ2n) is 29.3. The van der Waals surface area contributed by atoms with Crippen molar-refractivity contribution in [3.05, 3.63) is 131 Å². The molecular formula is C83H114O14. The van der Waals surface area contributed by atoms with Crippen molar-refractivity contribution in [1.29, 1.82) is 0 Å². The third kappa shape index (κ3) is 18.5. The summed E-state index contributed by atoms with van der Waals surface area (Å²) in [6, 6.07) is 0. The minimum absolute atomic E-state index is 0.00408. The first-order chi connectivity index (χ1) is 46.9. The summed E-state index contributed by atoms with van der Waals surface area (Å²) >= 11 is 0. The van der Waals surface area contributed by atoms with Crippen LogP contribution in [0.4, 0.5) is 0 Å². The van der Waals surface area contributed by atoms with Gasteiger partial charge in [0, 0.05) is 37.0 Å². The number of methoxy groups -OCH3 is 1. The summed E-state index contributed by atoms with van der Waals surface area (Å²) in [6.45, 7) is 21.4. The van der Waals surface area contributed by atoms with Crippen LogP contribution < -0.4 is 0 Å². The van der Waals surface area contributed by atoms with Gasteiger partial charge in [0.05, 0.1) is 61.4 Å². The van der Waals surface area contributed by atoms with Crippen LogP contribution >= 0.6 is 0 Å². The van der Waals surface area contributed by atoms with Gasteiger partial charge in [0.15, 0.2) is 0 Å². The van der Waals surface area contributed by atoms with E-state index in [0.29, 0.717) is 77.2 Å². The zero-order valence-electron chi connectivity index (χ0n) is 60.1. The Labute approximate surface area is 579 Å². The molecule has 6 heterocycles. The number of esters is 4. The number of Topliss-reactive ketones (excluding diaryl/α,β-unsaturated/α-hetero) is 3. The molecule has 21 unspecified atom stereocenters. The standard InChI is InChI=1S/C12H18O.C11H12O5.C11H16O.C10H12O3.C10H14O.2C10H16.C9H10O3/c1-2-3-4-12(13)11-8-9-5-6-10(11)7-9;1-3-15-11(13)9-7-5-4-6(16-7)8(9)10(12)14-2;1-2-3-11(12)10-7-8-4-5-9(10)6-8;1-3-12-10(11)9-6(2)7-4-5-8(9)13-7;1-2-10(11)9-6-7-3-4-8(9)5-7;1-3-8-5-9-6-10(8)4-7(9)2;1-2-3-9-6-8-4-5-10(9)7-8;1-2-11-9(10)7-5-6-3-4-8(7)12-6/h5-6,9-11H,2-4,7-8H2,1H3;4-7H,3H2,1-2H3;4-5,8-10H,2-3,6-7H2,1H3;4-5,7-8H,3H2,1-2H3;3-4,7-9H,2,5-6H2,1H3;4,8-10H,3,5-6H2,1-2H3;4-5,8-10H,2-3,6-7H2,1H3;3-6,8H,2H2,1H3. The summed E-state index contributed by atoms with van der Waals surface area (Å²) in [5.74, 6) is 11.1. The fourth-order valence-electron chi connectivity index (χ4n) is 18.0. The van der Waals surface area contributed by atoms with E-state index in [1.807, 2.05) is 44.2 Å².